The Morgan fingerprint density at radius 3 is 2.37 bits per heavy atom. The topological polar surface area (TPSA) is 84.9 Å². The second-order valence-corrected chi connectivity index (χ2v) is 11.6. The van der Waals surface area contributed by atoms with E-state index in [-0.39, 0.29) is 6.10 Å². The first kappa shape index (κ1) is 33.1. The minimum Gasteiger partial charge on any atom is -0.492 e. The quantitative estimate of drug-likeness (QED) is 0.0644. The highest BCUT2D eigenvalue weighted by Gasteiger charge is 2.30. The van der Waals surface area contributed by atoms with Gasteiger partial charge in [-0.15, -0.1) is 0 Å². The van der Waals surface area contributed by atoms with Crippen LogP contribution in [-0.2, 0) is 19.6 Å². The summed E-state index contributed by atoms with van der Waals surface area (Å²) in [6.07, 6.45) is 4.21. The highest BCUT2D eigenvalue weighted by atomic mass is 17.5. The number of hydrogen-bond donors (Lipinski definition) is 0. The van der Waals surface area contributed by atoms with E-state index in [1.165, 1.54) is 26.4 Å². The molecule has 0 radical (unpaired) electrons. The number of allylic oxidation sites excluding steroid dienone is 2. The maximum Gasteiger partial charge on any atom is 0.514 e. The number of nitrogens with zero attached hydrogens (tertiary/aromatic N) is 1. The largest absolute Gasteiger partial charge is 0.514 e. The van der Waals surface area contributed by atoms with Crippen LogP contribution in [0.25, 0.3) is 16.9 Å². The Kier molecular flexibility index (Phi) is 11.4. The normalized spacial score (nSPS) is 16.9. The molecule has 2 heterocycles. The second-order valence-electron chi connectivity index (χ2n) is 11.6. The Hall–Kier alpha value is -4.31. The van der Waals surface area contributed by atoms with E-state index in [9.17, 15) is 4.79 Å². The lowest BCUT2D eigenvalue weighted by molar-refractivity contribution is -0.471. The molecule has 9 heteroatoms. The Labute approximate surface area is 271 Å². The lowest BCUT2D eigenvalue weighted by Gasteiger charge is -2.31. The van der Waals surface area contributed by atoms with Crippen molar-refractivity contribution in [2.45, 2.75) is 59.2 Å². The molecule has 1 fully saturated rings. The lowest BCUT2D eigenvalue weighted by atomic mass is 9.85. The molecule has 3 aromatic carbocycles. The molecule has 0 bridgehead atoms. The van der Waals surface area contributed by atoms with Crippen molar-refractivity contribution in [1.82, 2.24) is 4.90 Å². The molecule has 0 spiro atoms. The number of carbonyl (C=O) groups excluding carboxylic acids is 1. The number of ether oxygens (including phenoxy) is 4. The van der Waals surface area contributed by atoms with Crippen molar-refractivity contribution in [3.05, 3.63) is 95.1 Å². The van der Waals surface area contributed by atoms with Gasteiger partial charge in [-0.05, 0) is 112 Å². The van der Waals surface area contributed by atoms with Crippen LogP contribution < -0.4 is 14.2 Å². The summed E-state index contributed by atoms with van der Waals surface area (Å²) in [6.45, 7) is 11.4. The van der Waals surface area contributed by atoms with E-state index in [1.807, 2.05) is 49.4 Å². The summed E-state index contributed by atoms with van der Waals surface area (Å²) in [5.74, 6) is 2.43. The van der Waals surface area contributed by atoms with Gasteiger partial charge in [-0.2, -0.15) is 4.89 Å². The van der Waals surface area contributed by atoms with Gasteiger partial charge in [0.05, 0.1) is 13.2 Å². The third-order valence-electron chi connectivity index (χ3n) is 8.04. The van der Waals surface area contributed by atoms with Gasteiger partial charge in [0.15, 0.2) is 5.76 Å². The molecule has 1 atom stereocenters. The molecule has 2 aliphatic heterocycles. The number of rotatable bonds is 12. The van der Waals surface area contributed by atoms with Crippen molar-refractivity contribution in [3.63, 3.8) is 0 Å². The van der Waals surface area contributed by atoms with E-state index in [4.69, 9.17) is 28.9 Å². The molecule has 244 valence electrons. The van der Waals surface area contributed by atoms with Gasteiger partial charge in [-0.3, -0.25) is 4.90 Å². The van der Waals surface area contributed by atoms with E-state index >= 15 is 0 Å². The summed E-state index contributed by atoms with van der Waals surface area (Å²) in [6, 6.07) is 21.4. The first-order valence-electron chi connectivity index (χ1n) is 15.9. The van der Waals surface area contributed by atoms with Gasteiger partial charge in [-0.25, -0.2) is 4.79 Å². The SMILES string of the molecule is C/C=C(/OOOC)c1ccc2c(c1)O[C@@H](c1ccc(OCCN3CCCCC3)cc1)C(c1ccc(OC(=O)OC(C)C)cc1)=C2C. The van der Waals surface area contributed by atoms with Crippen molar-refractivity contribution in [2.75, 3.05) is 33.4 Å². The van der Waals surface area contributed by atoms with Crippen LogP contribution in [0.1, 0.15) is 75.3 Å². The Morgan fingerprint density at radius 1 is 0.978 bits per heavy atom. The average molecular weight is 630 g/mol. The van der Waals surface area contributed by atoms with E-state index in [0.29, 0.717) is 23.9 Å². The first-order chi connectivity index (χ1) is 22.4. The maximum absolute atomic E-state index is 12.1. The molecule has 2 aliphatic rings. The van der Waals surface area contributed by atoms with Crippen LogP contribution in [0, 0.1) is 0 Å². The minimum atomic E-state index is -0.736. The molecule has 3 aromatic rings. The van der Waals surface area contributed by atoms with Crippen LogP contribution in [0.15, 0.2) is 72.8 Å². The standard InChI is InChI=1S/C37H43NO8/c1-6-33(45-46-40-5)29-14-19-32-26(4)35(27-10-17-31(18-11-27)43-37(39)42-25(2)3)36(44-34(32)24-29)28-12-15-30(16-13-28)41-23-22-38-20-8-7-9-21-38/h6,10-19,24-25,36H,7-9,20-23H2,1-5H3/b33-6+/t36-/m0/s1. The summed E-state index contributed by atoms with van der Waals surface area (Å²) in [5.41, 5.74) is 5.70. The molecule has 0 amide bonds. The number of fused-ring (bicyclic) bond motifs is 1. The van der Waals surface area contributed by atoms with Gasteiger partial charge < -0.3 is 23.8 Å². The second kappa shape index (κ2) is 15.8. The fraction of sp³-hybridized carbons (Fsp3) is 0.378. The zero-order chi connectivity index (χ0) is 32.5. The molecule has 9 nitrogen and oxygen atoms in total. The van der Waals surface area contributed by atoms with Crippen molar-refractivity contribution in [2.24, 2.45) is 0 Å². The summed E-state index contributed by atoms with van der Waals surface area (Å²) >= 11 is 0. The highest BCUT2D eigenvalue weighted by Crippen LogP contribution is 2.47. The molecular formula is C37H43NO8. The van der Waals surface area contributed by atoms with Gasteiger partial charge in [-0.1, -0.05) is 42.8 Å². The predicted molar refractivity (Wildman–Crippen MR) is 176 cm³/mol. The lowest BCUT2D eigenvalue weighted by Crippen LogP contribution is -2.33. The molecular weight excluding hydrogens is 586 g/mol. The van der Waals surface area contributed by atoms with Gasteiger partial charge in [0.1, 0.15) is 30.0 Å². The predicted octanol–water partition coefficient (Wildman–Crippen LogP) is 8.41. The van der Waals surface area contributed by atoms with Crippen molar-refractivity contribution in [3.8, 4) is 17.2 Å². The van der Waals surface area contributed by atoms with Crippen LogP contribution in [0.5, 0.6) is 17.2 Å². The van der Waals surface area contributed by atoms with Crippen molar-refractivity contribution >= 4 is 23.1 Å². The number of likely N-dealkylation sites (tertiary alicyclic amines) is 1. The summed E-state index contributed by atoms with van der Waals surface area (Å²) in [4.78, 5) is 24.4. The van der Waals surface area contributed by atoms with Crippen molar-refractivity contribution in [1.29, 1.82) is 0 Å². The third kappa shape index (κ3) is 8.28. The van der Waals surface area contributed by atoms with E-state index in [0.717, 1.165) is 58.8 Å². The summed E-state index contributed by atoms with van der Waals surface area (Å²) < 4.78 is 23.4. The highest BCUT2D eigenvalue weighted by molar-refractivity contribution is 5.96. The Bertz CT molecular complexity index is 1520. The number of hydrogen-bond acceptors (Lipinski definition) is 9. The Morgan fingerprint density at radius 2 is 1.70 bits per heavy atom. The van der Waals surface area contributed by atoms with Gasteiger partial charge in [0.25, 0.3) is 0 Å². The minimum absolute atomic E-state index is 0.269. The van der Waals surface area contributed by atoms with Gasteiger partial charge in [0.2, 0.25) is 0 Å². The zero-order valence-electron chi connectivity index (χ0n) is 27.2. The van der Waals surface area contributed by atoms with Crippen LogP contribution in [0.3, 0.4) is 0 Å². The van der Waals surface area contributed by atoms with Crippen LogP contribution >= 0.6 is 0 Å². The van der Waals surface area contributed by atoms with Crippen LogP contribution in [-0.4, -0.2) is 50.5 Å². The third-order valence-corrected chi connectivity index (χ3v) is 8.04. The fourth-order valence-corrected chi connectivity index (χ4v) is 5.78. The molecule has 1 saturated heterocycles. The summed E-state index contributed by atoms with van der Waals surface area (Å²) in [7, 11) is 1.38. The zero-order valence-corrected chi connectivity index (χ0v) is 27.2. The van der Waals surface area contributed by atoms with E-state index < -0.39 is 12.3 Å². The smallest absolute Gasteiger partial charge is 0.492 e. The first-order valence-corrected chi connectivity index (χ1v) is 15.9. The molecule has 0 N–H and O–H groups in total. The molecule has 46 heavy (non-hydrogen) atoms. The molecule has 0 saturated carbocycles. The van der Waals surface area contributed by atoms with Crippen LogP contribution in [0.4, 0.5) is 4.79 Å². The van der Waals surface area contributed by atoms with Crippen LogP contribution in [0.2, 0.25) is 0 Å². The fourth-order valence-electron chi connectivity index (χ4n) is 5.78. The van der Waals surface area contributed by atoms with Gasteiger partial charge in [0, 0.05) is 23.2 Å². The van der Waals surface area contributed by atoms with E-state index in [1.54, 1.807) is 32.1 Å². The number of benzene rings is 3. The molecule has 0 unspecified atom stereocenters. The number of carbonyl (C=O) groups is 1. The summed E-state index contributed by atoms with van der Waals surface area (Å²) in [5, 5.41) is 4.73. The molecule has 0 aliphatic carbocycles. The molecule has 5 rings (SSSR count). The average Bonchev–Trinajstić information content (AvgIpc) is 3.06. The monoisotopic (exact) mass is 629 g/mol. The van der Waals surface area contributed by atoms with Gasteiger partial charge >= 0.3 is 6.16 Å². The maximum atomic E-state index is 12.1. The van der Waals surface area contributed by atoms with E-state index in [2.05, 4.69) is 28.8 Å². The van der Waals surface area contributed by atoms with Crippen molar-refractivity contribution < 1.29 is 38.6 Å². The molecule has 0 aromatic heterocycles. The Balaban J connectivity index is 1.43. The number of piperidine rings is 1.